The number of carbonyl (C=O) groups excluding carboxylic acids is 1. The fourth-order valence-corrected chi connectivity index (χ4v) is 2.75. The average Bonchev–Trinajstić information content (AvgIpc) is 2.84. The number of benzene rings is 2. The van der Waals surface area contributed by atoms with Crippen LogP contribution in [0, 0.1) is 12.7 Å². The lowest BCUT2D eigenvalue weighted by atomic mass is 10.1. The molecular weight excluding hydrogens is 336 g/mol. The zero-order valence-corrected chi connectivity index (χ0v) is 13.2. The molecule has 1 amide bonds. The minimum absolute atomic E-state index is 0.00538. The SMILES string of the molecule is Cc1[nH]c2ccccc2c1CC(=O)Nc1ccc(F)c(C(F)(F)F)c1. The van der Waals surface area contributed by atoms with Gasteiger partial charge in [0.05, 0.1) is 12.0 Å². The molecule has 7 heteroatoms. The van der Waals surface area contributed by atoms with E-state index in [2.05, 4.69) is 10.3 Å². The Balaban J connectivity index is 1.82. The molecule has 3 nitrogen and oxygen atoms in total. The van der Waals surface area contributed by atoms with Gasteiger partial charge < -0.3 is 10.3 Å². The molecule has 0 aliphatic carbocycles. The lowest BCUT2D eigenvalue weighted by Gasteiger charge is -2.11. The molecule has 0 spiro atoms. The number of alkyl halides is 3. The van der Waals surface area contributed by atoms with Crippen LogP contribution < -0.4 is 5.32 Å². The molecule has 1 heterocycles. The summed E-state index contributed by atoms with van der Waals surface area (Å²) in [5.41, 5.74) is 0.950. The largest absolute Gasteiger partial charge is 0.419 e. The van der Waals surface area contributed by atoms with E-state index >= 15 is 0 Å². The molecule has 2 aromatic carbocycles. The van der Waals surface area contributed by atoms with Crippen LogP contribution in [0.25, 0.3) is 10.9 Å². The molecule has 0 aliphatic rings. The van der Waals surface area contributed by atoms with Crippen LogP contribution >= 0.6 is 0 Å². The lowest BCUT2D eigenvalue weighted by molar-refractivity contribution is -0.140. The number of para-hydroxylation sites is 1. The third kappa shape index (κ3) is 3.50. The molecule has 0 atom stereocenters. The van der Waals surface area contributed by atoms with Gasteiger partial charge in [-0.15, -0.1) is 0 Å². The van der Waals surface area contributed by atoms with Gasteiger partial charge in [0, 0.05) is 22.3 Å². The van der Waals surface area contributed by atoms with Crippen LogP contribution in [0.2, 0.25) is 0 Å². The third-order valence-electron chi connectivity index (χ3n) is 3.92. The van der Waals surface area contributed by atoms with E-state index in [4.69, 9.17) is 0 Å². The summed E-state index contributed by atoms with van der Waals surface area (Å²) in [4.78, 5) is 15.4. The van der Waals surface area contributed by atoms with Crippen LogP contribution in [-0.4, -0.2) is 10.9 Å². The van der Waals surface area contributed by atoms with Crippen molar-refractivity contribution in [1.29, 1.82) is 0 Å². The topological polar surface area (TPSA) is 44.9 Å². The molecule has 3 aromatic rings. The average molecular weight is 350 g/mol. The summed E-state index contributed by atoms with van der Waals surface area (Å²) in [6.07, 6.45) is -4.83. The minimum atomic E-state index is -4.82. The van der Waals surface area contributed by atoms with Crippen molar-refractivity contribution >= 4 is 22.5 Å². The highest BCUT2D eigenvalue weighted by molar-refractivity contribution is 5.96. The van der Waals surface area contributed by atoms with Gasteiger partial charge in [0.1, 0.15) is 5.82 Å². The summed E-state index contributed by atoms with van der Waals surface area (Å²) >= 11 is 0. The molecule has 0 aliphatic heterocycles. The van der Waals surface area contributed by atoms with E-state index in [0.29, 0.717) is 12.1 Å². The quantitative estimate of drug-likeness (QED) is 0.654. The number of halogens is 4. The summed E-state index contributed by atoms with van der Waals surface area (Å²) in [6, 6.07) is 9.82. The first kappa shape index (κ1) is 17.0. The van der Waals surface area contributed by atoms with Gasteiger partial charge in [0.15, 0.2) is 0 Å². The number of aromatic nitrogens is 1. The Morgan fingerprint density at radius 2 is 1.88 bits per heavy atom. The summed E-state index contributed by atoms with van der Waals surface area (Å²) < 4.78 is 51.5. The van der Waals surface area contributed by atoms with Crippen LogP contribution in [0.3, 0.4) is 0 Å². The number of rotatable bonds is 3. The van der Waals surface area contributed by atoms with Gasteiger partial charge in [-0.3, -0.25) is 4.79 Å². The number of fused-ring (bicyclic) bond motifs is 1. The van der Waals surface area contributed by atoms with Gasteiger partial charge >= 0.3 is 6.18 Å². The van der Waals surface area contributed by atoms with E-state index in [9.17, 15) is 22.4 Å². The number of aromatic amines is 1. The maximum atomic E-state index is 13.3. The van der Waals surface area contributed by atoms with E-state index in [1.807, 2.05) is 31.2 Å². The molecule has 0 fully saturated rings. The number of anilines is 1. The Bertz CT molecular complexity index is 944. The summed E-state index contributed by atoms with van der Waals surface area (Å²) in [7, 11) is 0. The molecule has 0 saturated heterocycles. The number of H-pyrrole nitrogens is 1. The van der Waals surface area contributed by atoms with E-state index in [1.54, 1.807) is 0 Å². The highest BCUT2D eigenvalue weighted by atomic mass is 19.4. The second-order valence-electron chi connectivity index (χ2n) is 5.69. The standard InChI is InChI=1S/C18H14F4N2O/c1-10-13(12-4-2-3-5-16(12)23-10)9-17(25)24-11-6-7-15(19)14(8-11)18(20,21)22/h2-8,23H,9H2,1H3,(H,24,25). The second kappa shape index (κ2) is 6.23. The maximum absolute atomic E-state index is 13.3. The Hall–Kier alpha value is -2.83. The van der Waals surface area contributed by atoms with Crippen LogP contribution in [0.5, 0.6) is 0 Å². The molecular formula is C18H14F4N2O. The summed E-state index contributed by atoms with van der Waals surface area (Å²) in [6.45, 7) is 1.82. The first-order valence-corrected chi connectivity index (χ1v) is 7.48. The number of nitrogens with one attached hydrogen (secondary N) is 2. The zero-order valence-electron chi connectivity index (χ0n) is 13.2. The molecule has 3 rings (SSSR count). The molecule has 0 saturated carbocycles. The zero-order chi connectivity index (χ0) is 18.2. The van der Waals surface area contributed by atoms with E-state index < -0.39 is 23.5 Å². The van der Waals surface area contributed by atoms with Gasteiger partial charge in [-0.1, -0.05) is 18.2 Å². The van der Waals surface area contributed by atoms with Crippen molar-refractivity contribution in [3.8, 4) is 0 Å². The number of carbonyl (C=O) groups is 1. The van der Waals surface area contributed by atoms with E-state index in [0.717, 1.165) is 28.2 Å². The van der Waals surface area contributed by atoms with Crippen molar-refractivity contribution in [2.24, 2.45) is 0 Å². The van der Waals surface area contributed by atoms with Gasteiger partial charge in [-0.2, -0.15) is 13.2 Å². The maximum Gasteiger partial charge on any atom is 0.419 e. The number of amides is 1. The van der Waals surface area contributed by atoms with Crippen molar-refractivity contribution in [3.05, 3.63) is 65.1 Å². The molecule has 25 heavy (non-hydrogen) atoms. The molecule has 0 unspecified atom stereocenters. The van der Waals surface area contributed by atoms with Crippen LogP contribution in [0.4, 0.5) is 23.2 Å². The third-order valence-corrected chi connectivity index (χ3v) is 3.92. The second-order valence-corrected chi connectivity index (χ2v) is 5.69. The van der Waals surface area contributed by atoms with Crippen molar-refractivity contribution in [2.45, 2.75) is 19.5 Å². The van der Waals surface area contributed by atoms with Gasteiger partial charge in [0.25, 0.3) is 0 Å². The first-order valence-electron chi connectivity index (χ1n) is 7.48. The fourth-order valence-electron chi connectivity index (χ4n) is 2.75. The smallest absolute Gasteiger partial charge is 0.358 e. The van der Waals surface area contributed by atoms with Crippen LogP contribution in [-0.2, 0) is 17.4 Å². The summed E-state index contributed by atoms with van der Waals surface area (Å²) in [5.74, 6) is -1.86. The van der Waals surface area contributed by atoms with Crippen molar-refractivity contribution in [3.63, 3.8) is 0 Å². The minimum Gasteiger partial charge on any atom is -0.358 e. The Kier molecular flexibility index (Phi) is 4.24. The Morgan fingerprint density at radius 1 is 1.16 bits per heavy atom. The van der Waals surface area contributed by atoms with Gasteiger partial charge in [-0.25, -0.2) is 4.39 Å². The fraction of sp³-hybridized carbons (Fsp3) is 0.167. The molecule has 130 valence electrons. The molecule has 0 radical (unpaired) electrons. The monoisotopic (exact) mass is 350 g/mol. The van der Waals surface area contributed by atoms with Crippen molar-refractivity contribution in [1.82, 2.24) is 4.98 Å². The van der Waals surface area contributed by atoms with E-state index in [-0.39, 0.29) is 12.1 Å². The number of hydrogen-bond donors (Lipinski definition) is 2. The number of aryl methyl sites for hydroxylation is 1. The summed E-state index contributed by atoms with van der Waals surface area (Å²) in [5, 5.41) is 3.27. The highest BCUT2D eigenvalue weighted by Gasteiger charge is 2.34. The predicted octanol–water partition coefficient (Wildman–Crippen LogP) is 4.82. The highest BCUT2D eigenvalue weighted by Crippen LogP contribution is 2.33. The first-order chi connectivity index (χ1) is 11.8. The number of hydrogen-bond acceptors (Lipinski definition) is 1. The van der Waals surface area contributed by atoms with Gasteiger partial charge in [-0.05, 0) is 36.8 Å². The Morgan fingerprint density at radius 3 is 2.60 bits per heavy atom. The lowest BCUT2D eigenvalue weighted by Crippen LogP contribution is -2.16. The molecule has 2 N–H and O–H groups in total. The van der Waals surface area contributed by atoms with Crippen LogP contribution in [0.15, 0.2) is 42.5 Å². The predicted molar refractivity (Wildman–Crippen MR) is 86.8 cm³/mol. The normalized spacial score (nSPS) is 11.7. The van der Waals surface area contributed by atoms with E-state index in [1.165, 1.54) is 0 Å². The van der Waals surface area contributed by atoms with Gasteiger partial charge in [0.2, 0.25) is 5.91 Å². The van der Waals surface area contributed by atoms with Crippen LogP contribution in [0.1, 0.15) is 16.8 Å². The Labute approximate surface area is 140 Å². The van der Waals surface area contributed by atoms with Crippen molar-refractivity contribution in [2.75, 3.05) is 5.32 Å². The van der Waals surface area contributed by atoms with Crippen molar-refractivity contribution < 1.29 is 22.4 Å². The molecule has 1 aromatic heterocycles. The molecule has 0 bridgehead atoms.